The highest BCUT2D eigenvalue weighted by molar-refractivity contribution is 4.98. The summed E-state index contributed by atoms with van der Waals surface area (Å²) in [7, 11) is 0. The van der Waals surface area contributed by atoms with E-state index in [9.17, 15) is 0 Å². The predicted molar refractivity (Wildman–Crippen MR) is 72.8 cm³/mol. The first-order chi connectivity index (χ1) is 7.86. The van der Waals surface area contributed by atoms with Gasteiger partial charge in [0.05, 0.1) is 0 Å². The Kier molecular flexibility index (Phi) is 7.58. The molecular formula is C15H29N. The van der Waals surface area contributed by atoms with Crippen molar-refractivity contribution in [3.63, 3.8) is 0 Å². The SMILES string of the molecule is CCCC/C=C/C1CCC(CCCCC)N1. The van der Waals surface area contributed by atoms with Crippen LogP contribution in [0, 0.1) is 0 Å². The predicted octanol–water partition coefficient (Wildman–Crippen LogP) is 4.43. The number of allylic oxidation sites excluding steroid dienone is 1. The van der Waals surface area contributed by atoms with E-state index in [0.717, 1.165) is 6.04 Å². The molecule has 0 aromatic rings. The van der Waals surface area contributed by atoms with Crippen molar-refractivity contribution >= 4 is 0 Å². The van der Waals surface area contributed by atoms with E-state index in [1.165, 1.54) is 57.8 Å². The van der Waals surface area contributed by atoms with E-state index in [2.05, 4.69) is 31.3 Å². The monoisotopic (exact) mass is 223 g/mol. The quantitative estimate of drug-likeness (QED) is 0.474. The molecule has 1 aliphatic heterocycles. The van der Waals surface area contributed by atoms with Gasteiger partial charge in [0, 0.05) is 12.1 Å². The minimum atomic E-state index is 0.670. The molecule has 1 nitrogen and oxygen atoms in total. The van der Waals surface area contributed by atoms with Gasteiger partial charge < -0.3 is 5.32 Å². The highest BCUT2D eigenvalue weighted by Crippen LogP contribution is 2.18. The van der Waals surface area contributed by atoms with E-state index in [0.29, 0.717) is 6.04 Å². The van der Waals surface area contributed by atoms with E-state index in [1.54, 1.807) is 0 Å². The number of hydrogen-bond acceptors (Lipinski definition) is 1. The van der Waals surface area contributed by atoms with Gasteiger partial charge in [0.15, 0.2) is 0 Å². The van der Waals surface area contributed by atoms with Crippen LogP contribution in [0.2, 0.25) is 0 Å². The summed E-state index contributed by atoms with van der Waals surface area (Å²) in [6.07, 6.45) is 16.9. The molecule has 2 atom stereocenters. The van der Waals surface area contributed by atoms with Crippen molar-refractivity contribution in [3.8, 4) is 0 Å². The number of unbranched alkanes of at least 4 members (excludes halogenated alkanes) is 4. The molecule has 1 heterocycles. The van der Waals surface area contributed by atoms with Crippen molar-refractivity contribution in [2.24, 2.45) is 0 Å². The van der Waals surface area contributed by atoms with Crippen LogP contribution in [-0.2, 0) is 0 Å². The standard InChI is InChI=1S/C15H29N/c1-3-5-7-9-11-15-13-12-14(16-15)10-8-6-4-2/h9,11,14-16H,3-8,10,12-13H2,1-2H3/b11-9+. The fourth-order valence-electron chi connectivity index (χ4n) is 2.45. The van der Waals surface area contributed by atoms with Gasteiger partial charge in [0.25, 0.3) is 0 Å². The van der Waals surface area contributed by atoms with Gasteiger partial charge in [-0.15, -0.1) is 0 Å². The van der Waals surface area contributed by atoms with Gasteiger partial charge in [-0.2, -0.15) is 0 Å². The Morgan fingerprint density at radius 1 is 1.06 bits per heavy atom. The lowest BCUT2D eigenvalue weighted by Gasteiger charge is -2.11. The van der Waals surface area contributed by atoms with Gasteiger partial charge >= 0.3 is 0 Å². The summed E-state index contributed by atoms with van der Waals surface area (Å²) >= 11 is 0. The third kappa shape index (κ3) is 5.69. The summed E-state index contributed by atoms with van der Waals surface area (Å²) in [5.74, 6) is 0. The van der Waals surface area contributed by atoms with Crippen LogP contribution < -0.4 is 5.32 Å². The van der Waals surface area contributed by atoms with Crippen LogP contribution in [-0.4, -0.2) is 12.1 Å². The largest absolute Gasteiger partial charge is 0.308 e. The number of rotatable bonds is 8. The second kappa shape index (κ2) is 8.81. The highest BCUT2D eigenvalue weighted by atomic mass is 15.0. The van der Waals surface area contributed by atoms with Crippen LogP contribution in [0.5, 0.6) is 0 Å². The molecule has 1 aliphatic rings. The van der Waals surface area contributed by atoms with Crippen molar-refractivity contribution in [3.05, 3.63) is 12.2 Å². The molecule has 1 saturated heterocycles. The summed E-state index contributed by atoms with van der Waals surface area (Å²) in [6, 6.07) is 1.47. The Morgan fingerprint density at radius 2 is 1.88 bits per heavy atom. The summed E-state index contributed by atoms with van der Waals surface area (Å²) in [6.45, 7) is 4.53. The van der Waals surface area contributed by atoms with Gasteiger partial charge in [-0.3, -0.25) is 0 Å². The maximum absolute atomic E-state index is 3.74. The summed E-state index contributed by atoms with van der Waals surface area (Å²) in [4.78, 5) is 0. The molecule has 1 rings (SSSR count). The minimum Gasteiger partial charge on any atom is -0.308 e. The molecule has 1 N–H and O–H groups in total. The maximum atomic E-state index is 3.74. The first kappa shape index (κ1) is 13.8. The van der Waals surface area contributed by atoms with Crippen molar-refractivity contribution in [1.82, 2.24) is 5.32 Å². The van der Waals surface area contributed by atoms with E-state index < -0.39 is 0 Å². The van der Waals surface area contributed by atoms with Crippen LogP contribution in [0.1, 0.15) is 71.6 Å². The van der Waals surface area contributed by atoms with Crippen LogP contribution in [0.3, 0.4) is 0 Å². The molecule has 0 saturated carbocycles. The molecule has 0 radical (unpaired) electrons. The van der Waals surface area contributed by atoms with Gasteiger partial charge in [-0.1, -0.05) is 58.1 Å². The Morgan fingerprint density at radius 3 is 2.62 bits per heavy atom. The Labute approximate surface area is 102 Å². The average molecular weight is 223 g/mol. The molecule has 16 heavy (non-hydrogen) atoms. The third-order valence-electron chi connectivity index (χ3n) is 3.52. The van der Waals surface area contributed by atoms with Crippen LogP contribution in [0.4, 0.5) is 0 Å². The minimum absolute atomic E-state index is 0.670. The van der Waals surface area contributed by atoms with E-state index >= 15 is 0 Å². The molecular weight excluding hydrogens is 194 g/mol. The van der Waals surface area contributed by atoms with Crippen LogP contribution in [0.25, 0.3) is 0 Å². The molecule has 2 unspecified atom stereocenters. The van der Waals surface area contributed by atoms with Crippen molar-refractivity contribution in [2.75, 3.05) is 0 Å². The highest BCUT2D eigenvalue weighted by Gasteiger charge is 2.20. The molecule has 0 spiro atoms. The zero-order chi connectivity index (χ0) is 11.6. The van der Waals surface area contributed by atoms with Crippen LogP contribution >= 0.6 is 0 Å². The summed E-state index contributed by atoms with van der Waals surface area (Å²) in [5.41, 5.74) is 0. The zero-order valence-corrected chi connectivity index (χ0v) is 11.2. The smallest absolute Gasteiger partial charge is 0.0253 e. The molecule has 1 heteroatoms. The number of nitrogens with one attached hydrogen (secondary N) is 1. The summed E-state index contributed by atoms with van der Waals surface area (Å²) in [5, 5.41) is 3.74. The zero-order valence-electron chi connectivity index (χ0n) is 11.2. The van der Waals surface area contributed by atoms with Crippen molar-refractivity contribution < 1.29 is 0 Å². The fraction of sp³-hybridized carbons (Fsp3) is 0.867. The first-order valence-electron chi connectivity index (χ1n) is 7.29. The van der Waals surface area contributed by atoms with E-state index in [-0.39, 0.29) is 0 Å². The lowest BCUT2D eigenvalue weighted by Crippen LogP contribution is -2.27. The molecule has 0 aliphatic carbocycles. The van der Waals surface area contributed by atoms with Crippen molar-refractivity contribution in [2.45, 2.75) is 83.7 Å². The Balaban J connectivity index is 2.07. The van der Waals surface area contributed by atoms with Gasteiger partial charge in [-0.25, -0.2) is 0 Å². The van der Waals surface area contributed by atoms with Gasteiger partial charge in [0.2, 0.25) is 0 Å². The Bertz CT molecular complexity index is 186. The maximum Gasteiger partial charge on any atom is 0.0253 e. The lowest BCUT2D eigenvalue weighted by atomic mass is 10.1. The second-order valence-electron chi connectivity index (χ2n) is 5.11. The lowest BCUT2D eigenvalue weighted by molar-refractivity contribution is 0.507. The topological polar surface area (TPSA) is 12.0 Å². The third-order valence-corrected chi connectivity index (χ3v) is 3.52. The fourth-order valence-corrected chi connectivity index (χ4v) is 2.45. The molecule has 0 aromatic carbocycles. The first-order valence-corrected chi connectivity index (χ1v) is 7.29. The molecule has 0 bridgehead atoms. The molecule has 1 fully saturated rings. The summed E-state index contributed by atoms with van der Waals surface area (Å²) < 4.78 is 0. The molecule has 0 aromatic heterocycles. The van der Waals surface area contributed by atoms with Crippen molar-refractivity contribution in [1.29, 1.82) is 0 Å². The Hall–Kier alpha value is -0.300. The van der Waals surface area contributed by atoms with Gasteiger partial charge in [0.1, 0.15) is 0 Å². The molecule has 94 valence electrons. The molecule has 0 amide bonds. The number of hydrogen-bond donors (Lipinski definition) is 1. The normalized spacial score (nSPS) is 25.6. The van der Waals surface area contributed by atoms with Crippen LogP contribution in [0.15, 0.2) is 12.2 Å². The van der Waals surface area contributed by atoms with Gasteiger partial charge in [-0.05, 0) is 25.7 Å². The van der Waals surface area contributed by atoms with E-state index in [1.807, 2.05) is 0 Å². The average Bonchev–Trinajstić information content (AvgIpc) is 2.73. The second-order valence-corrected chi connectivity index (χ2v) is 5.11. The van der Waals surface area contributed by atoms with E-state index in [4.69, 9.17) is 0 Å².